The highest BCUT2D eigenvalue weighted by molar-refractivity contribution is 7.91. The normalized spacial score (nSPS) is 19.5. The van der Waals surface area contributed by atoms with Crippen LogP contribution in [0.3, 0.4) is 0 Å². The van der Waals surface area contributed by atoms with E-state index in [-0.39, 0.29) is 6.04 Å². The predicted octanol–water partition coefficient (Wildman–Crippen LogP) is 1.05. The van der Waals surface area contributed by atoms with Crippen LogP contribution < -0.4 is 5.73 Å². The molecule has 1 aromatic rings. The van der Waals surface area contributed by atoms with Crippen LogP contribution in [0.2, 0.25) is 0 Å². The average Bonchev–Trinajstić information content (AvgIpc) is 2.76. The first-order chi connectivity index (χ1) is 8.41. The van der Waals surface area contributed by atoms with Crippen molar-refractivity contribution in [2.75, 3.05) is 32.9 Å². The first-order valence-electron chi connectivity index (χ1n) is 5.92. The van der Waals surface area contributed by atoms with E-state index in [9.17, 15) is 8.42 Å². The second-order valence-electron chi connectivity index (χ2n) is 4.75. The van der Waals surface area contributed by atoms with Crippen molar-refractivity contribution in [3.05, 3.63) is 11.4 Å². The van der Waals surface area contributed by atoms with Gasteiger partial charge in [0.25, 0.3) is 10.0 Å². The minimum absolute atomic E-state index is 0.0922. The Labute approximate surface area is 112 Å². The molecule has 0 atom stereocenters. The van der Waals surface area contributed by atoms with Gasteiger partial charge in [0.05, 0.1) is 0 Å². The molecule has 0 amide bonds. The Morgan fingerprint density at radius 3 is 2.56 bits per heavy atom. The predicted molar refractivity (Wildman–Crippen MR) is 74.2 cm³/mol. The van der Waals surface area contributed by atoms with E-state index >= 15 is 0 Å². The highest BCUT2D eigenvalue weighted by atomic mass is 32.2. The molecule has 18 heavy (non-hydrogen) atoms. The average molecular weight is 289 g/mol. The molecule has 1 aromatic heterocycles. The summed E-state index contributed by atoms with van der Waals surface area (Å²) in [6, 6.07) is 1.63. The second kappa shape index (κ2) is 5.16. The van der Waals surface area contributed by atoms with Crippen LogP contribution >= 0.6 is 11.3 Å². The molecule has 2 N–H and O–H groups in total. The van der Waals surface area contributed by atoms with Crippen LogP contribution in [-0.4, -0.2) is 50.8 Å². The number of rotatable bonds is 3. The summed E-state index contributed by atoms with van der Waals surface area (Å²) in [7, 11) is 0.346. The fraction of sp³-hybridized carbons (Fsp3) is 0.636. The number of likely N-dealkylation sites (tertiary alicyclic amines) is 1. The quantitative estimate of drug-likeness (QED) is 0.903. The first-order valence-corrected chi connectivity index (χ1v) is 8.24. The van der Waals surface area contributed by atoms with Gasteiger partial charge in [-0.3, -0.25) is 0 Å². The molecule has 0 aromatic carbocycles. The van der Waals surface area contributed by atoms with E-state index in [1.54, 1.807) is 12.4 Å². The molecule has 1 aliphatic rings. The molecule has 0 aliphatic carbocycles. The van der Waals surface area contributed by atoms with Crippen LogP contribution in [0.25, 0.3) is 0 Å². The number of anilines is 1. The van der Waals surface area contributed by atoms with Crippen molar-refractivity contribution in [2.45, 2.75) is 23.1 Å². The van der Waals surface area contributed by atoms with Gasteiger partial charge in [0, 0.05) is 24.2 Å². The minimum atomic E-state index is -3.38. The van der Waals surface area contributed by atoms with Crippen LogP contribution in [0.5, 0.6) is 0 Å². The van der Waals surface area contributed by atoms with E-state index < -0.39 is 10.0 Å². The summed E-state index contributed by atoms with van der Waals surface area (Å²) in [6.07, 6.45) is 1.76. The molecule has 0 unspecified atom stereocenters. The van der Waals surface area contributed by atoms with Gasteiger partial charge in [-0.25, -0.2) is 8.42 Å². The fourth-order valence-electron chi connectivity index (χ4n) is 2.16. The fourth-order valence-corrected chi connectivity index (χ4v) is 4.84. The van der Waals surface area contributed by atoms with Crippen LogP contribution in [0.1, 0.15) is 12.8 Å². The van der Waals surface area contributed by atoms with Gasteiger partial charge in [-0.2, -0.15) is 4.31 Å². The molecular weight excluding hydrogens is 270 g/mol. The molecule has 102 valence electrons. The van der Waals surface area contributed by atoms with Crippen LogP contribution in [0, 0.1) is 0 Å². The lowest BCUT2D eigenvalue weighted by molar-refractivity contribution is 0.198. The van der Waals surface area contributed by atoms with Crippen molar-refractivity contribution in [1.82, 2.24) is 9.21 Å². The molecule has 2 rings (SSSR count). The van der Waals surface area contributed by atoms with E-state index in [1.807, 2.05) is 0 Å². The lowest BCUT2D eigenvalue weighted by atomic mass is 10.1. The highest BCUT2D eigenvalue weighted by Crippen LogP contribution is 2.27. The summed E-state index contributed by atoms with van der Waals surface area (Å²) < 4.78 is 26.6. The van der Waals surface area contributed by atoms with Gasteiger partial charge in [0.1, 0.15) is 4.21 Å². The zero-order valence-electron chi connectivity index (χ0n) is 10.7. The zero-order valence-corrected chi connectivity index (χ0v) is 12.3. The van der Waals surface area contributed by atoms with Crippen molar-refractivity contribution in [3.63, 3.8) is 0 Å². The molecule has 1 aliphatic heterocycles. The molecule has 0 saturated carbocycles. The van der Waals surface area contributed by atoms with E-state index in [1.165, 1.54) is 21.7 Å². The lowest BCUT2D eigenvalue weighted by Crippen LogP contribution is -2.44. The van der Waals surface area contributed by atoms with E-state index in [0.29, 0.717) is 9.90 Å². The number of nitrogens with zero attached hydrogens (tertiary/aromatic N) is 2. The van der Waals surface area contributed by atoms with Crippen molar-refractivity contribution < 1.29 is 8.42 Å². The monoisotopic (exact) mass is 289 g/mol. The number of hydrogen-bond acceptors (Lipinski definition) is 5. The number of nitrogen functional groups attached to an aromatic ring is 1. The standard InChI is InChI=1S/C11H19N3O2S2/c1-13-5-3-10(4-6-13)14(2)18(15,16)11-7-9(12)8-17-11/h7-8,10H,3-6,12H2,1-2H3. The Hall–Kier alpha value is -0.630. The SMILES string of the molecule is CN1CCC(N(C)S(=O)(=O)c2cc(N)cs2)CC1. The summed E-state index contributed by atoms with van der Waals surface area (Å²) in [5.74, 6) is 0. The molecular formula is C11H19N3O2S2. The number of thiophene rings is 1. The molecule has 0 spiro atoms. The lowest BCUT2D eigenvalue weighted by Gasteiger charge is -2.34. The van der Waals surface area contributed by atoms with Crippen molar-refractivity contribution in [2.24, 2.45) is 0 Å². The molecule has 1 fully saturated rings. The zero-order chi connectivity index (χ0) is 13.3. The summed E-state index contributed by atoms with van der Waals surface area (Å²) in [6.45, 7) is 1.88. The van der Waals surface area contributed by atoms with Gasteiger partial charge in [0.15, 0.2) is 0 Å². The number of hydrogen-bond donors (Lipinski definition) is 1. The Kier molecular flexibility index (Phi) is 3.96. The van der Waals surface area contributed by atoms with Gasteiger partial charge in [-0.05, 0) is 39.0 Å². The molecule has 5 nitrogen and oxygen atoms in total. The highest BCUT2D eigenvalue weighted by Gasteiger charge is 2.30. The third kappa shape index (κ3) is 2.69. The maximum Gasteiger partial charge on any atom is 0.252 e. The van der Waals surface area contributed by atoms with Crippen molar-refractivity contribution >= 4 is 27.0 Å². The van der Waals surface area contributed by atoms with E-state index in [4.69, 9.17) is 5.73 Å². The van der Waals surface area contributed by atoms with Gasteiger partial charge >= 0.3 is 0 Å². The van der Waals surface area contributed by atoms with E-state index in [2.05, 4.69) is 11.9 Å². The molecule has 0 radical (unpaired) electrons. The van der Waals surface area contributed by atoms with Crippen LogP contribution in [0.15, 0.2) is 15.7 Å². The molecule has 0 bridgehead atoms. The molecule has 2 heterocycles. The molecule has 7 heteroatoms. The summed E-state index contributed by atoms with van der Waals surface area (Å²) in [5, 5.41) is 1.66. The van der Waals surface area contributed by atoms with Gasteiger partial charge in [0.2, 0.25) is 0 Å². The number of sulfonamides is 1. The van der Waals surface area contributed by atoms with Gasteiger partial charge in [-0.15, -0.1) is 11.3 Å². The number of piperidine rings is 1. The third-order valence-electron chi connectivity index (χ3n) is 3.43. The van der Waals surface area contributed by atoms with Crippen molar-refractivity contribution in [1.29, 1.82) is 0 Å². The smallest absolute Gasteiger partial charge is 0.252 e. The summed E-state index contributed by atoms with van der Waals surface area (Å²) >= 11 is 1.18. The maximum atomic E-state index is 12.4. The van der Waals surface area contributed by atoms with Gasteiger partial charge in [-0.1, -0.05) is 0 Å². The second-order valence-corrected chi connectivity index (χ2v) is 7.89. The van der Waals surface area contributed by atoms with Gasteiger partial charge < -0.3 is 10.6 Å². The third-order valence-corrected chi connectivity index (χ3v) is 6.77. The Morgan fingerprint density at radius 1 is 1.44 bits per heavy atom. The summed E-state index contributed by atoms with van der Waals surface area (Å²) in [5.41, 5.74) is 6.10. The Balaban J connectivity index is 2.15. The van der Waals surface area contributed by atoms with Crippen LogP contribution in [0.4, 0.5) is 5.69 Å². The minimum Gasteiger partial charge on any atom is -0.398 e. The Bertz CT molecular complexity index is 504. The first kappa shape index (κ1) is 13.8. The summed E-state index contributed by atoms with van der Waals surface area (Å²) in [4.78, 5) is 2.22. The van der Waals surface area contributed by atoms with Crippen LogP contribution in [-0.2, 0) is 10.0 Å². The number of nitrogens with two attached hydrogens (primary N) is 1. The maximum absolute atomic E-state index is 12.4. The Morgan fingerprint density at radius 2 is 2.06 bits per heavy atom. The topological polar surface area (TPSA) is 66.6 Å². The largest absolute Gasteiger partial charge is 0.398 e. The molecule has 1 saturated heterocycles. The van der Waals surface area contributed by atoms with Crippen molar-refractivity contribution in [3.8, 4) is 0 Å². The van der Waals surface area contributed by atoms with E-state index in [0.717, 1.165) is 25.9 Å².